The standard InChI is InChI=1S/C22H21N5O3S3/c28-20(23-21-24-25-22(32-21)31-14-15-7-3-1-4-8-15)16-10-11-17-18(13-16)33(29,30)26-19-9-5-2-6-12-27(17)19/h1,3-4,7-8,10-11,13H,2,5-6,9,12,14H2,(H,23,24,28). The van der Waals surface area contributed by atoms with E-state index in [1.54, 1.807) is 23.9 Å². The number of hydrogen-bond acceptors (Lipinski definition) is 8. The van der Waals surface area contributed by atoms with Crippen molar-refractivity contribution in [2.75, 3.05) is 16.8 Å². The van der Waals surface area contributed by atoms with Gasteiger partial charge in [0.1, 0.15) is 10.7 Å². The molecule has 11 heteroatoms. The summed E-state index contributed by atoms with van der Waals surface area (Å²) in [5.74, 6) is 0.909. The number of hydrogen-bond donors (Lipinski definition) is 1. The summed E-state index contributed by atoms with van der Waals surface area (Å²) in [4.78, 5) is 14.8. The predicted molar refractivity (Wildman–Crippen MR) is 131 cm³/mol. The SMILES string of the molecule is O=C(Nc1nnc(SCc2ccccc2)s1)c1ccc2c(c1)S(=O)(=O)N=C1CCCCCN12. The molecule has 0 unspecified atom stereocenters. The molecule has 1 aromatic heterocycles. The molecule has 2 aliphatic rings. The summed E-state index contributed by atoms with van der Waals surface area (Å²) in [6.07, 6.45) is 3.58. The molecule has 3 aromatic rings. The van der Waals surface area contributed by atoms with Crippen molar-refractivity contribution in [1.82, 2.24) is 10.2 Å². The molecule has 0 spiro atoms. The summed E-state index contributed by atoms with van der Waals surface area (Å²) in [5, 5.41) is 11.3. The zero-order valence-corrected chi connectivity index (χ0v) is 20.0. The van der Waals surface area contributed by atoms with Crippen molar-refractivity contribution in [3.63, 3.8) is 0 Å². The number of amides is 1. The van der Waals surface area contributed by atoms with Crippen LogP contribution in [0.25, 0.3) is 0 Å². The van der Waals surface area contributed by atoms with Crippen molar-refractivity contribution in [3.05, 3.63) is 59.7 Å². The zero-order valence-electron chi connectivity index (χ0n) is 17.6. The Morgan fingerprint density at radius 2 is 1.94 bits per heavy atom. The summed E-state index contributed by atoms with van der Waals surface area (Å²) in [7, 11) is -3.85. The van der Waals surface area contributed by atoms with E-state index >= 15 is 0 Å². The third-order valence-electron chi connectivity index (χ3n) is 5.44. The lowest BCUT2D eigenvalue weighted by atomic mass is 10.1. The van der Waals surface area contributed by atoms with Crippen LogP contribution in [0.2, 0.25) is 0 Å². The highest BCUT2D eigenvalue weighted by atomic mass is 32.2. The van der Waals surface area contributed by atoms with E-state index in [1.807, 2.05) is 35.2 Å². The molecule has 33 heavy (non-hydrogen) atoms. The van der Waals surface area contributed by atoms with E-state index in [0.717, 1.165) is 35.9 Å². The van der Waals surface area contributed by atoms with Gasteiger partial charge in [0.05, 0.1) is 5.69 Å². The largest absolute Gasteiger partial charge is 0.328 e. The number of fused-ring (bicyclic) bond motifs is 3. The fraction of sp³-hybridized carbons (Fsp3) is 0.273. The van der Waals surface area contributed by atoms with Crippen LogP contribution in [-0.2, 0) is 15.8 Å². The number of amidine groups is 1. The van der Waals surface area contributed by atoms with Crippen LogP contribution >= 0.6 is 23.1 Å². The van der Waals surface area contributed by atoms with E-state index in [-0.39, 0.29) is 10.5 Å². The number of carbonyl (C=O) groups is 1. The molecule has 2 aromatic carbocycles. The van der Waals surface area contributed by atoms with E-state index in [2.05, 4.69) is 19.9 Å². The number of sulfonamides is 1. The van der Waals surface area contributed by atoms with Gasteiger partial charge in [-0.1, -0.05) is 59.9 Å². The van der Waals surface area contributed by atoms with Crippen LogP contribution < -0.4 is 10.2 Å². The number of rotatable bonds is 5. The Balaban J connectivity index is 1.31. The van der Waals surface area contributed by atoms with Crippen molar-refractivity contribution in [2.24, 2.45) is 4.40 Å². The summed E-state index contributed by atoms with van der Waals surface area (Å²) < 4.78 is 30.4. The molecule has 1 saturated heterocycles. The number of nitrogens with one attached hydrogen (secondary N) is 1. The minimum Gasteiger partial charge on any atom is -0.328 e. The van der Waals surface area contributed by atoms with Crippen molar-refractivity contribution in [2.45, 2.75) is 40.7 Å². The summed E-state index contributed by atoms with van der Waals surface area (Å²) >= 11 is 2.82. The molecule has 2 aliphatic heterocycles. The van der Waals surface area contributed by atoms with Gasteiger partial charge in [-0.25, -0.2) is 0 Å². The number of anilines is 2. The van der Waals surface area contributed by atoms with Crippen LogP contribution in [0.3, 0.4) is 0 Å². The van der Waals surface area contributed by atoms with E-state index in [9.17, 15) is 13.2 Å². The maximum Gasteiger partial charge on any atom is 0.286 e. The molecule has 0 aliphatic carbocycles. The van der Waals surface area contributed by atoms with Crippen LogP contribution in [0.4, 0.5) is 10.8 Å². The van der Waals surface area contributed by atoms with Crippen molar-refractivity contribution < 1.29 is 13.2 Å². The van der Waals surface area contributed by atoms with Gasteiger partial charge >= 0.3 is 0 Å². The maximum atomic E-state index is 12.8. The molecule has 0 bridgehead atoms. The molecule has 5 rings (SSSR count). The highest BCUT2D eigenvalue weighted by Crippen LogP contribution is 2.35. The van der Waals surface area contributed by atoms with Gasteiger partial charge in [0.2, 0.25) is 5.13 Å². The average Bonchev–Trinajstić information content (AvgIpc) is 3.13. The van der Waals surface area contributed by atoms with E-state index in [4.69, 9.17) is 0 Å². The van der Waals surface area contributed by atoms with Gasteiger partial charge in [-0.05, 0) is 36.6 Å². The number of thioether (sulfide) groups is 1. The Bertz CT molecular complexity index is 1320. The first-order valence-corrected chi connectivity index (χ1v) is 13.8. The zero-order chi connectivity index (χ0) is 22.8. The molecule has 0 saturated carbocycles. The molecule has 1 N–H and O–H groups in total. The fourth-order valence-electron chi connectivity index (χ4n) is 3.83. The quantitative estimate of drug-likeness (QED) is 0.405. The molecular weight excluding hydrogens is 478 g/mol. The van der Waals surface area contributed by atoms with Crippen molar-refractivity contribution in [3.8, 4) is 0 Å². The number of aromatic nitrogens is 2. The van der Waals surface area contributed by atoms with Gasteiger partial charge in [-0.2, -0.15) is 8.42 Å². The minimum absolute atomic E-state index is 0.0668. The summed E-state index contributed by atoms with van der Waals surface area (Å²) in [6, 6.07) is 14.8. The highest BCUT2D eigenvalue weighted by molar-refractivity contribution is 8.00. The lowest BCUT2D eigenvalue weighted by Crippen LogP contribution is -2.35. The number of benzene rings is 2. The van der Waals surface area contributed by atoms with Gasteiger partial charge in [-0.15, -0.1) is 14.6 Å². The Morgan fingerprint density at radius 3 is 2.79 bits per heavy atom. The average molecular weight is 500 g/mol. The fourth-order valence-corrected chi connectivity index (χ4v) is 6.82. The van der Waals surface area contributed by atoms with Crippen LogP contribution in [0, 0.1) is 0 Å². The third-order valence-corrected chi connectivity index (χ3v) is 8.82. The first kappa shape index (κ1) is 22.1. The van der Waals surface area contributed by atoms with E-state index < -0.39 is 15.9 Å². The Labute approximate surface area is 200 Å². The Morgan fingerprint density at radius 1 is 1.09 bits per heavy atom. The molecular formula is C22H21N5O3S3. The lowest BCUT2D eigenvalue weighted by Gasteiger charge is -2.29. The molecule has 3 heterocycles. The Kier molecular flexibility index (Phi) is 6.17. The smallest absolute Gasteiger partial charge is 0.286 e. The highest BCUT2D eigenvalue weighted by Gasteiger charge is 2.32. The molecule has 0 atom stereocenters. The van der Waals surface area contributed by atoms with Crippen molar-refractivity contribution >= 4 is 55.7 Å². The van der Waals surface area contributed by atoms with Gasteiger partial charge in [0, 0.05) is 24.3 Å². The molecule has 8 nitrogen and oxygen atoms in total. The number of carbonyl (C=O) groups excluding carboxylic acids is 1. The second-order valence-corrected chi connectivity index (χ2v) is 11.5. The number of nitrogens with zero attached hydrogens (tertiary/aromatic N) is 4. The molecule has 0 radical (unpaired) electrons. The van der Waals surface area contributed by atoms with Crippen molar-refractivity contribution in [1.29, 1.82) is 0 Å². The molecule has 1 fully saturated rings. The third kappa shape index (κ3) is 4.80. The first-order valence-electron chi connectivity index (χ1n) is 10.6. The predicted octanol–water partition coefficient (Wildman–Crippen LogP) is 4.56. The van der Waals surface area contributed by atoms with E-state index in [1.165, 1.54) is 23.0 Å². The second kappa shape index (κ2) is 9.24. The van der Waals surface area contributed by atoms with Gasteiger partial charge < -0.3 is 4.90 Å². The minimum atomic E-state index is -3.85. The molecule has 1 amide bonds. The normalized spacial score (nSPS) is 16.8. The van der Waals surface area contributed by atoms with Crippen LogP contribution in [0.5, 0.6) is 0 Å². The molecule has 170 valence electrons. The lowest BCUT2D eigenvalue weighted by molar-refractivity contribution is 0.102. The maximum absolute atomic E-state index is 12.8. The van der Waals surface area contributed by atoms with Crippen LogP contribution in [0.1, 0.15) is 41.6 Å². The topological polar surface area (TPSA) is 105 Å². The van der Waals surface area contributed by atoms with Gasteiger partial charge in [-0.3, -0.25) is 10.1 Å². The monoisotopic (exact) mass is 499 g/mol. The summed E-state index contributed by atoms with van der Waals surface area (Å²) in [5.41, 5.74) is 2.00. The Hall–Kier alpha value is -2.76. The first-order chi connectivity index (χ1) is 16.0. The summed E-state index contributed by atoms with van der Waals surface area (Å²) in [6.45, 7) is 0.723. The van der Waals surface area contributed by atoms with Crippen LogP contribution in [-0.4, -0.2) is 36.9 Å². The van der Waals surface area contributed by atoms with Crippen LogP contribution in [0.15, 0.2) is 62.2 Å². The van der Waals surface area contributed by atoms with Gasteiger partial charge in [0.25, 0.3) is 15.9 Å². The van der Waals surface area contributed by atoms with Gasteiger partial charge in [0.15, 0.2) is 4.34 Å². The van der Waals surface area contributed by atoms with E-state index in [0.29, 0.717) is 23.1 Å². The second-order valence-electron chi connectivity index (χ2n) is 7.73.